The molecule has 16 heavy (non-hydrogen) atoms. The summed E-state index contributed by atoms with van der Waals surface area (Å²) in [6.07, 6.45) is 3.05. The summed E-state index contributed by atoms with van der Waals surface area (Å²) < 4.78 is 26.9. The van der Waals surface area contributed by atoms with Gasteiger partial charge in [0.05, 0.1) is 4.90 Å². The lowest BCUT2D eigenvalue weighted by Crippen LogP contribution is -2.39. The summed E-state index contributed by atoms with van der Waals surface area (Å²) in [5, 5.41) is 4.80. The van der Waals surface area contributed by atoms with Crippen LogP contribution in [-0.4, -0.2) is 21.5 Å². The Hall–Kier alpha value is -0.430. The topological polar surface area (TPSA) is 58.2 Å². The van der Waals surface area contributed by atoms with Crippen molar-refractivity contribution >= 4 is 21.4 Å². The van der Waals surface area contributed by atoms with Gasteiger partial charge in [0.25, 0.3) is 0 Å². The van der Waals surface area contributed by atoms with Crippen LogP contribution >= 0.6 is 11.3 Å². The molecule has 1 heterocycles. The Bertz CT molecular complexity index is 449. The number of thiophene rings is 1. The van der Waals surface area contributed by atoms with Crippen LogP contribution in [0.2, 0.25) is 0 Å². The first kappa shape index (κ1) is 12.0. The van der Waals surface area contributed by atoms with E-state index in [1.807, 2.05) is 12.4 Å². The van der Waals surface area contributed by atoms with Crippen molar-refractivity contribution in [1.82, 2.24) is 10.0 Å². The lowest BCUT2D eigenvalue weighted by molar-refractivity contribution is 0.383. The average Bonchev–Trinajstić information content (AvgIpc) is 2.61. The van der Waals surface area contributed by atoms with Gasteiger partial charge in [-0.3, -0.25) is 0 Å². The van der Waals surface area contributed by atoms with Crippen LogP contribution in [0, 0.1) is 0 Å². The zero-order chi connectivity index (χ0) is 11.6. The largest absolute Gasteiger partial charge is 0.315 e. The molecule has 0 aliphatic heterocycles. The summed E-state index contributed by atoms with van der Waals surface area (Å²) in [5.74, 6) is 0. The van der Waals surface area contributed by atoms with E-state index in [4.69, 9.17) is 0 Å². The van der Waals surface area contributed by atoms with E-state index in [1.165, 1.54) is 11.3 Å². The Morgan fingerprint density at radius 2 is 2.25 bits per heavy atom. The second kappa shape index (κ2) is 4.83. The smallest absolute Gasteiger partial charge is 0.241 e. The summed E-state index contributed by atoms with van der Waals surface area (Å²) in [4.78, 5) is 1.30. The predicted molar refractivity (Wildman–Crippen MR) is 65.0 cm³/mol. The highest BCUT2D eigenvalue weighted by Crippen LogP contribution is 2.25. The van der Waals surface area contributed by atoms with E-state index in [-0.39, 0.29) is 6.04 Å². The van der Waals surface area contributed by atoms with Crippen LogP contribution in [-0.2, 0) is 16.6 Å². The molecule has 1 aliphatic carbocycles. The Kier molecular flexibility index (Phi) is 3.63. The van der Waals surface area contributed by atoms with Gasteiger partial charge < -0.3 is 5.32 Å². The first-order valence-electron chi connectivity index (χ1n) is 5.37. The highest BCUT2D eigenvalue weighted by molar-refractivity contribution is 7.89. The fourth-order valence-corrected chi connectivity index (χ4v) is 4.43. The van der Waals surface area contributed by atoms with Crippen molar-refractivity contribution in [3.8, 4) is 0 Å². The Morgan fingerprint density at radius 1 is 1.50 bits per heavy atom. The van der Waals surface area contributed by atoms with Gasteiger partial charge in [-0.1, -0.05) is 6.42 Å². The van der Waals surface area contributed by atoms with Crippen molar-refractivity contribution in [3.63, 3.8) is 0 Å². The molecule has 0 saturated heterocycles. The maximum atomic E-state index is 12.1. The highest BCUT2D eigenvalue weighted by Gasteiger charge is 2.26. The predicted octanol–water partition coefficient (Wildman–Crippen LogP) is 1.30. The molecular formula is C10H16N2O2S2. The van der Waals surface area contributed by atoms with E-state index < -0.39 is 10.0 Å². The third-order valence-electron chi connectivity index (χ3n) is 2.76. The average molecular weight is 260 g/mol. The number of hydrogen-bond acceptors (Lipinski definition) is 4. The molecule has 0 atom stereocenters. The number of sulfonamides is 1. The van der Waals surface area contributed by atoms with E-state index in [9.17, 15) is 8.42 Å². The second-order valence-electron chi connectivity index (χ2n) is 3.99. The van der Waals surface area contributed by atoms with E-state index in [0.717, 1.165) is 24.1 Å². The zero-order valence-electron chi connectivity index (χ0n) is 9.19. The number of hydrogen-bond donors (Lipinski definition) is 2. The monoisotopic (exact) mass is 260 g/mol. The lowest BCUT2D eigenvalue weighted by atomic mass is 9.94. The molecule has 0 spiro atoms. The summed E-state index contributed by atoms with van der Waals surface area (Å²) in [5.41, 5.74) is 0. The fraction of sp³-hybridized carbons (Fsp3) is 0.600. The highest BCUT2D eigenvalue weighted by atomic mass is 32.2. The summed E-state index contributed by atoms with van der Waals surface area (Å²) in [6, 6.07) is 1.82. The maximum Gasteiger partial charge on any atom is 0.241 e. The fourth-order valence-electron chi connectivity index (χ4n) is 1.67. The third-order valence-corrected chi connectivity index (χ3v) is 5.41. The van der Waals surface area contributed by atoms with Gasteiger partial charge in [0, 0.05) is 17.5 Å². The van der Waals surface area contributed by atoms with Crippen molar-refractivity contribution in [2.24, 2.45) is 0 Å². The van der Waals surface area contributed by atoms with Crippen LogP contribution in [0.1, 0.15) is 24.1 Å². The minimum absolute atomic E-state index is 0.146. The lowest BCUT2D eigenvalue weighted by Gasteiger charge is -2.26. The van der Waals surface area contributed by atoms with Crippen molar-refractivity contribution in [1.29, 1.82) is 0 Å². The van der Waals surface area contributed by atoms with Crippen LogP contribution in [0.5, 0.6) is 0 Å². The van der Waals surface area contributed by atoms with Gasteiger partial charge in [0.1, 0.15) is 0 Å². The molecule has 0 bridgehead atoms. The SMILES string of the molecule is CNCc1sccc1S(=O)(=O)NC1CCC1. The first-order valence-corrected chi connectivity index (χ1v) is 7.73. The summed E-state index contributed by atoms with van der Waals surface area (Å²) >= 11 is 1.47. The molecule has 1 saturated carbocycles. The minimum atomic E-state index is -3.31. The second-order valence-corrected chi connectivity index (χ2v) is 6.67. The van der Waals surface area contributed by atoms with Gasteiger partial charge >= 0.3 is 0 Å². The quantitative estimate of drug-likeness (QED) is 0.839. The molecule has 1 aromatic rings. The van der Waals surface area contributed by atoms with Crippen molar-refractivity contribution < 1.29 is 8.42 Å². The Morgan fingerprint density at radius 3 is 2.81 bits per heavy atom. The maximum absolute atomic E-state index is 12.1. The van der Waals surface area contributed by atoms with Gasteiger partial charge in [-0.15, -0.1) is 11.3 Å². The van der Waals surface area contributed by atoms with Crippen LogP contribution in [0.15, 0.2) is 16.3 Å². The molecule has 0 amide bonds. The Balaban J connectivity index is 2.17. The minimum Gasteiger partial charge on any atom is -0.315 e. The molecule has 0 unspecified atom stereocenters. The molecular weight excluding hydrogens is 244 g/mol. The summed E-state index contributed by atoms with van der Waals surface area (Å²) in [7, 11) is -1.49. The van der Waals surface area contributed by atoms with Crippen LogP contribution < -0.4 is 10.0 Å². The van der Waals surface area contributed by atoms with Crippen molar-refractivity contribution in [3.05, 3.63) is 16.3 Å². The first-order chi connectivity index (χ1) is 7.63. The van der Waals surface area contributed by atoms with Gasteiger partial charge in [0.2, 0.25) is 10.0 Å². The van der Waals surface area contributed by atoms with Gasteiger partial charge in [0.15, 0.2) is 0 Å². The molecule has 1 fully saturated rings. The molecule has 90 valence electrons. The van der Waals surface area contributed by atoms with Crippen molar-refractivity contribution in [2.45, 2.75) is 36.7 Å². The van der Waals surface area contributed by atoms with Crippen molar-refractivity contribution in [2.75, 3.05) is 7.05 Å². The van der Waals surface area contributed by atoms with Crippen LogP contribution in [0.4, 0.5) is 0 Å². The van der Waals surface area contributed by atoms with Gasteiger partial charge in [-0.05, 0) is 31.3 Å². The third kappa shape index (κ3) is 2.45. The van der Waals surface area contributed by atoms with Gasteiger partial charge in [-0.25, -0.2) is 13.1 Å². The molecule has 6 heteroatoms. The van der Waals surface area contributed by atoms with E-state index in [2.05, 4.69) is 10.0 Å². The standard InChI is InChI=1S/C10H16N2O2S2/c1-11-7-9-10(5-6-15-9)16(13,14)12-8-3-2-4-8/h5-6,8,11-12H,2-4,7H2,1H3. The van der Waals surface area contributed by atoms with Gasteiger partial charge in [-0.2, -0.15) is 0 Å². The van der Waals surface area contributed by atoms with Crippen LogP contribution in [0.3, 0.4) is 0 Å². The number of nitrogens with one attached hydrogen (secondary N) is 2. The molecule has 2 rings (SSSR count). The molecule has 4 nitrogen and oxygen atoms in total. The normalized spacial score (nSPS) is 17.3. The molecule has 1 aromatic heterocycles. The molecule has 1 aliphatic rings. The zero-order valence-corrected chi connectivity index (χ0v) is 10.8. The number of rotatable bonds is 5. The van der Waals surface area contributed by atoms with E-state index in [1.54, 1.807) is 6.07 Å². The molecule has 2 N–H and O–H groups in total. The van der Waals surface area contributed by atoms with E-state index in [0.29, 0.717) is 11.4 Å². The Labute approximate surface area is 100 Å². The molecule has 0 aromatic carbocycles. The summed E-state index contributed by atoms with van der Waals surface area (Å²) in [6.45, 7) is 0.596. The van der Waals surface area contributed by atoms with E-state index >= 15 is 0 Å². The van der Waals surface area contributed by atoms with Crippen LogP contribution in [0.25, 0.3) is 0 Å². The molecule has 0 radical (unpaired) electrons.